The van der Waals surface area contributed by atoms with Crippen molar-refractivity contribution in [2.24, 2.45) is 5.73 Å². The minimum absolute atomic E-state index is 0.287. The van der Waals surface area contributed by atoms with Gasteiger partial charge >= 0.3 is 0 Å². The van der Waals surface area contributed by atoms with Crippen molar-refractivity contribution in [3.63, 3.8) is 0 Å². The topological polar surface area (TPSA) is 29.3 Å². The Hall–Kier alpha value is -0.500. The monoisotopic (exact) mass is 114 g/mol. The molecule has 0 aliphatic heterocycles. The highest BCUT2D eigenvalue weighted by atomic mass is 15.1. The lowest BCUT2D eigenvalue weighted by Gasteiger charge is -2.18. The zero-order valence-electron chi connectivity index (χ0n) is 5.81. The van der Waals surface area contributed by atoms with E-state index in [1.807, 2.05) is 25.9 Å². The molecule has 0 aromatic heterocycles. The average Bonchev–Trinajstić information content (AvgIpc) is 1.64. The van der Waals surface area contributed by atoms with Crippen molar-refractivity contribution in [2.75, 3.05) is 14.1 Å². The average molecular weight is 114 g/mol. The fourth-order valence-corrected chi connectivity index (χ4v) is 0.332. The first-order valence-electron chi connectivity index (χ1n) is 2.66. The summed E-state index contributed by atoms with van der Waals surface area (Å²) in [5.74, 6) is 0. The maximum absolute atomic E-state index is 5.40. The van der Waals surface area contributed by atoms with Gasteiger partial charge in [0.05, 0.1) is 0 Å². The van der Waals surface area contributed by atoms with Crippen LogP contribution in [0.1, 0.15) is 6.92 Å². The Bertz CT molecular complexity index is 86.5. The Kier molecular flexibility index (Phi) is 2.55. The van der Waals surface area contributed by atoms with Gasteiger partial charge in [-0.05, 0) is 21.0 Å². The van der Waals surface area contributed by atoms with E-state index in [1.54, 1.807) is 0 Å². The van der Waals surface area contributed by atoms with Crippen LogP contribution in [-0.2, 0) is 0 Å². The van der Waals surface area contributed by atoms with E-state index >= 15 is 0 Å². The summed E-state index contributed by atoms with van der Waals surface area (Å²) in [5, 5.41) is 0. The molecular formula is C6H14N2. The largest absolute Gasteiger partial charge is 0.401 e. The molecule has 2 heteroatoms. The van der Waals surface area contributed by atoms with Crippen LogP contribution in [0.5, 0.6) is 0 Å². The van der Waals surface area contributed by atoms with Gasteiger partial charge in [0.2, 0.25) is 0 Å². The molecule has 0 saturated heterocycles. The van der Waals surface area contributed by atoms with Crippen LogP contribution in [0.15, 0.2) is 12.3 Å². The predicted molar refractivity (Wildman–Crippen MR) is 36.5 cm³/mol. The van der Waals surface area contributed by atoms with Crippen molar-refractivity contribution in [3.05, 3.63) is 12.3 Å². The minimum Gasteiger partial charge on any atom is -0.401 e. The van der Waals surface area contributed by atoms with Gasteiger partial charge in [0.15, 0.2) is 0 Å². The van der Waals surface area contributed by atoms with Gasteiger partial charge in [-0.3, -0.25) is 0 Å². The van der Waals surface area contributed by atoms with Crippen molar-refractivity contribution in [2.45, 2.75) is 13.0 Å². The van der Waals surface area contributed by atoms with Gasteiger partial charge in [-0.2, -0.15) is 0 Å². The Morgan fingerprint density at radius 1 is 1.62 bits per heavy atom. The molecule has 0 rings (SSSR count). The maximum Gasteiger partial charge on any atom is 0.0452 e. The molecule has 8 heavy (non-hydrogen) atoms. The van der Waals surface area contributed by atoms with E-state index in [-0.39, 0.29) is 6.04 Å². The van der Waals surface area contributed by atoms with Crippen LogP contribution in [0.2, 0.25) is 0 Å². The van der Waals surface area contributed by atoms with Gasteiger partial charge < -0.3 is 10.6 Å². The summed E-state index contributed by atoms with van der Waals surface area (Å²) in [6.45, 7) is 5.63. The lowest BCUT2D eigenvalue weighted by Crippen LogP contribution is -2.29. The van der Waals surface area contributed by atoms with E-state index in [1.165, 1.54) is 0 Å². The van der Waals surface area contributed by atoms with Crippen LogP contribution in [0.3, 0.4) is 0 Å². The molecule has 1 atom stereocenters. The number of hydrogen-bond acceptors (Lipinski definition) is 2. The molecule has 0 radical (unpaired) electrons. The SMILES string of the molecule is C=C(N)C(C)N(C)C. The summed E-state index contributed by atoms with van der Waals surface area (Å²) in [6.07, 6.45) is 0. The van der Waals surface area contributed by atoms with E-state index in [0.717, 1.165) is 5.70 Å². The molecule has 0 aromatic carbocycles. The minimum atomic E-state index is 0.287. The Morgan fingerprint density at radius 3 is 2.00 bits per heavy atom. The van der Waals surface area contributed by atoms with Crippen molar-refractivity contribution in [1.29, 1.82) is 0 Å². The summed E-state index contributed by atoms with van der Waals surface area (Å²) in [7, 11) is 3.95. The van der Waals surface area contributed by atoms with Gasteiger partial charge in [-0.15, -0.1) is 0 Å². The molecule has 0 aliphatic carbocycles. The molecule has 48 valence electrons. The molecule has 0 spiro atoms. The van der Waals surface area contributed by atoms with Crippen LogP contribution in [0, 0.1) is 0 Å². The first-order chi connectivity index (χ1) is 3.55. The lowest BCUT2D eigenvalue weighted by atomic mass is 10.2. The van der Waals surface area contributed by atoms with E-state index < -0.39 is 0 Å². The first-order valence-corrected chi connectivity index (χ1v) is 2.66. The van der Waals surface area contributed by atoms with Crippen molar-refractivity contribution in [1.82, 2.24) is 4.90 Å². The molecule has 0 aliphatic rings. The fraction of sp³-hybridized carbons (Fsp3) is 0.667. The third kappa shape index (κ3) is 1.98. The molecule has 2 nitrogen and oxygen atoms in total. The highest BCUT2D eigenvalue weighted by Gasteiger charge is 2.02. The Labute approximate surface area is 51.0 Å². The van der Waals surface area contributed by atoms with Crippen LogP contribution < -0.4 is 5.73 Å². The zero-order valence-corrected chi connectivity index (χ0v) is 5.81. The van der Waals surface area contributed by atoms with E-state index in [2.05, 4.69) is 6.58 Å². The zero-order chi connectivity index (χ0) is 6.73. The Morgan fingerprint density at radius 2 is 2.00 bits per heavy atom. The molecule has 1 unspecified atom stereocenters. The second kappa shape index (κ2) is 2.72. The number of nitrogens with zero attached hydrogens (tertiary/aromatic N) is 1. The standard InChI is InChI=1S/C6H14N2/c1-5(7)6(2)8(3)4/h6H,1,7H2,2-4H3. The maximum atomic E-state index is 5.40. The summed E-state index contributed by atoms with van der Waals surface area (Å²) >= 11 is 0. The van der Waals surface area contributed by atoms with Crippen molar-refractivity contribution in [3.8, 4) is 0 Å². The summed E-state index contributed by atoms with van der Waals surface area (Å²) in [4.78, 5) is 2.02. The quantitative estimate of drug-likeness (QED) is 0.563. The van der Waals surface area contributed by atoms with Crippen LogP contribution in [0.4, 0.5) is 0 Å². The van der Waals surface area contributed by atoms with E-state index in [0.29, 0.717) is 0 Å². The smallest absolute Gasteiger partial charge is 0.0452 e. The van der Waals surface area contributed by atoms with E-state index in [9.17, 15) is 0 Å². The van der Waals surface area contributed by atoms with Crippen molar-refractivity contribution < 1.29 is 0 Å². The molecular weight excluding hydrogens is 100 g/mol. The second-order valence-electron chi connectivity index (χ2n) is 2.21. The van der Waals surface area contributed by atoms with Crippen molar-refractivity contribution >= 4 is 0 Å². The highest BCUT2D eigenvalue weighted by molar-refractivity contribution is 4.96. The highest BCUT2D eigenvalue weighted by Crippen LogP contribution is 1.95. The predicted octanol–water partition coefficient (Wildman–Crippen LogP) is 0.409. The molecule has 0 heterocycles. The number of likely N-dealkylation sites (N-methyl/N-ethyl adjacent to an activating group) is 1. The van der Waals surface area contributed by atoms with Crippen LogP contribution in [-0.4, -0.2) is 25.0 Å². The molecule has 2 N–H and O–H groups in total. The first kappa shape index (κ1) is 7.50. The molecule has 0 saturated carbocycles. The van der Waals surface area contributed by atoms with Gasteiger partial charge in [-0.25, -0.2) is 0 Å². The third-order valence-corrected chi connectivity index (χ3v) is 1.31. The van der Waals surface area contributed by atoms with Crippen LogP contribution in [0.25, 0.3) is 0 Å². The fourth-order valence-electron chi connectivity index (χ4n) is 0.332. The number of rotatable bonds is 2. The molecule has 0 aromatic rings. The second-order valence-corrected chi connectivity index (χ2v) is 2.21. The van der Waals surface area contributed by atoms with Gasteiger partial charge in [0, 0.05) is 11.7 Å². The Balaban J connectivity index is 3.64. The number of nitrogens with two attached hydrogens (primary N) is 1. The van der Waals surface area contributed by atoms with Gasteiger partial charge in [0.25, 0.3) is 0 Å². The van der Waals surface area contributed by atoms with Gasteiger partial charge in [0.1, 0.15) is 0 Å². The number of hydrogen-bond donors (Lipinski definition) is 1. The molecule has 0 amide bonds. The summed E-state index contributed by atoms with van der Waals surface area (Å²) < 4.78 is 0. The van der Waals surface area contributed by atoms with Crippen LogP contribution >= 0.6 is 0 Å². The normalized spacial score (nSPS) is 14.0. The molecule has 0 fully saturated rings. The summed E-state index contributed by atoms with van der Waals surface area (Å²) in [5.41, 5.74) is 6.12. The lowest BCUT2D eigenvalue weighted by molar-refractivity contribution is 0.349. The third-order valence-electron chi connectivity index (χ3n) is 1.31. The van der Waals surface area contributed by atoms with E-state index in [4.69, 9.17) is 5.73 Å². The summed E-state index contributed by atoms with van der Waals surface area (Å²) in [6, 6.07) is 0.287. The molecule has 0 bridgehead atoms. The van der Waals surface area contributed by atoms with Gasteiger partial charge in [-0.1, -0.05) is 6.58 Å².